The third kappa shape index (κ3) is 2.20. The van der Waals surface area contributed by atoms with Gasteiger partial charge in [0.25, 0.3) is 0 Å². The highest BCUT2D eigenvalue weighted by molar-refractivity contribution is 5.78. The number of aromatic amines is 1. The summed E-state index contributed by atoms with van der Waals surface area (Å²) in [5.41, 5.74) is 3.56. The van der Waals surface area contributed by atoms with E-state index in [2.05, 4.69) is 35.4 Å². The zero-order chi connectivity index (χ0) is 11.7. The van der Waals surface area contributed by atoms with Crippen LogP contribution in [0.2, 0.25) is 0 Å². The minimum Gasteiger partial charge on any atom is -0.342 e. The number of fused-ring (bicyclic) bond motifs is 1. The van der Waals surface area contributed by atoms with Crippen LogP contribution in [-0.2, 0) is 6.42 Å². The van der Waals surface area contributed by atoms with Crippen molar-refractivity contribution in [3.05, 3.63) is 29.6 Å². The Bertz CT molecular complexity index is 509. The quantitative estimate of drug-likeness (QED) is 0.830. The first-order valence-electron chi connectivity index (χ1n) is 6.48. The maximum Gasteiger partial charge on any atom is 0.107 e. The molecule has 3 rings (SSSR count). The van der Waals surface area contributed by atoms with Crippen LogP contribution in [-0.4, -0.2) is 23.1 Å². The lowest BCUT2D eigenvalue weighted by atomic mass is 9.96. The molecule has 1 aromatic carbocycles. The molecule has 1 aliphatic heterocycles. The summed E-state index contributed by atoms with van der Waals surface area (Å²) < 4.78 is 0. The minimum absolute atomic E-state index is 0.740. The van der Waals surface area contributed by atoms with Crippen molar-refractivity contribution >= 4 is 11.0 Å². The fourth-order valence-electron chi connectivity index (χ4n) is 2.69. The minimum atomic E-state index is 0.740. The number of nitrogens with one attached hydrogen (secondary N) is 2. The van der Waals surface area contributed by atoms with Crippen molar-refractivity contribution in [3.8, 4) is 0 Å². The largest absolute Gasteiger partial charge is 0.342 e. The highest BCUT2D eigenvalue weighted by Crippen LogP contribution is 2.19. The van der Waals surface area contributed by atoms with E-state index in [1.807, 2.05) is 0 Å². The molecule has 1 atom stereocenters. The van der Waals surface area contributed by atoms with Crippen molar-refractivity contribution in [2.24, 2.45) is 5.92 Å². The van der Waals surface area contributed by atoms with Gasteiger partial charge in [-0.2, -0.15) is 0 Å². The second kappa shape index (κ2) is 4.49. The first-order valence-corrected chi connectivity index (χ1v) is 6.48. The summed E-state index contributed by atoms with van der Waals surface area (Å²) in [5, 5.41) is 3.46. The summed E-state index contributed by atoms with van der Waals surface area (Å²) in [4.78, 5) is 8.17. The third-order valence-electron chi connectivity index (χ3n) is 3.64. The van der Waals surface area contributed by atoms with Gasteiger partial charge in [0.05, 0.1) is 11.0 Å². The Kier molecular flexibility index (Phi) is 2.85. The Balaban J connectivity index is 1.83. The molecule has 1 fully saturated rings. The Morgan fingerprint density at radius 2 is 2.35 bits per heavy atom. The van der Waals surface area contributed by atoms with Gasteiger partial charge in [0.1, 0.15) is 5.82 Å². The summed E-state index contributed by atoms with van der Waals surface area (Å²) in [7, 11) is 0. The number of para-hydroxylation sites is 1. The van der Waals surface area contributed by atoms with Gasteiger partial charge in [-0.3, -0.25) is 0 Å². The van der Waals surface area contributed by atoms with Gasteiger partial charge < -0.3 is 10.3 Å². The van der Waals surface area contributed by atoms with E-state index in [1.165, 1.54) is 30.5 Å². The van der Waals surface area contributed by atoms with E-state index in [0.717, 1.165) is 30.2 Å². The van der Waals surface area contributed by atoms with Crippen LogP contribution < -0.4 is 5.32 Å². The Morgan fingerprint density at radius 3 is 3.12 bits per heavy atom. The molecule has 0 amide bonds. The fourth-order valence-corrected chi connectivity index (χ4v) is 2.69. The van der Waals surface area contributed by atoms with Crippen molar-refractivity contribution in [2.45, 2.75) is 26.2 Å². The molecule has 2 heterocycles. The maximum atomic E-state index is 4.72. The summed E-state index contributed by atoms with van der Waals surface area (Å²) in [5.74, 6) is 1.88. The van der Waals surface area contributed by atoms with Crippen molar-refractivity contribution in [1.82, 2.24) is 15.3 Å². The number of imidazole rings is 1. The molecule has 17 heavy (non-hydrogen) atoms. The van der Waals surface area contributed by atoms with Gasteiger partial charge in [-0.15, -0.1) is 0 Å². The predicted octanol–water partition coefficient (Wildman–Crippen LogP) is 2.41. The normalized spacial score (nSPS) is 20.9. The Morgan fingerprint density at radius 1 is 1.41 bits per heavy atom. The van der Waals surface area contributed by atoms with E-state index in [-0.39, 0.29) is 0 Å². The van der Waals surface area contributed by atoms with E-state index in [9.17, 15) is 0 Å². The Hall–Kier alpha value is -1.35. The van der Waals surface area contributed by atoms with E-state index >= 15 is 0 Å². The van der Waals surface area contributed by atoms with Gasteiger partial charge in [0.15, 0.2) is 0 Å². The molecule has 1 aliphatic rings. The molecule has 1 saturated heterocycles. The number of hydrogen-bond donors (Lipinski definition) is 2. The van der Waals surface area contributed by atoms with E-state index in [0.29, 0.717) is 0 Å². The number of hydrogen-bond acceptors (Lipinski definition) is 2. The van der Waals surface area contributed by atoms with Gasteiger partial charge in [0.2, 0.25) is 0 Å². The zero-order valence-corrected chi connectivity index (χ0v) is 10.3. The van der Waals surface area contributed by atoms with Crippen LogP contribution in [0.4, 0.5) is 0 Å². The molecule has 0 saturated carbocycles. The molecule has 2 N–H and O–H groups in total. The van der Waals surface area contributed by atoms with Crippen LogP contribution in [0, 0.1) is 12.8 Å². The summed E-state index contributed by atoms with van der Waals surface area (Å²) in [6.45, 7) is 4.43. The number of aryl methyl sites for hydroxylation is 1. The van der Waals surface area contributed by atoms with Gasteiger partial charge in [0, 0.05) is 6.42 Å². The second-order valence-corrected chi connectivity index (χ2v) is 5.07. The topological polar surface area (TPSA) is 40.7 Å². The summed E-state index contributed by atoms with van der Waals surface area (Å²) in [6.07, 6.45) is 3.69. The first-order chi connectivity index (χ1) is 8.33. The lowest BCUT2D eigenvalue weighted by molar-refractivity contribution is 0.371. The molecule has 0 aliphatic carbocycles. The molecule has 3 heteroatoms. The number of nitrogens with zero attached hydrogens (tertiary/aromatic N) is 1. The van der Waals surface area contributed by atoms with Gasteiger partial charge in [-0.25, -0.2) is 4.98 Å². The standard InChI is InChI=1S/C14H19N3/c1-10-4-2-6-12-14(10)17-13(16-12)8-11-5-3-7-15-9-11/h2,4,6,11,15H,3,5,7-9H2,1H3,(H,16,17). The average Bonchev–Trinajstić information content (AvgIpc) is 2.74. The first kappa shape index (κ1) is 10.8. The molecule has 1 aromatic heterocycles. The predicted molar refractivity (Wildman–Crippen MR) is 70.1 cm³/mol. The maximum absolute atomic E-state index is 4.72. The van der Waals surface area contributed by atoms with Crippen molar-refractivity contribution in [2.75, 3.05) is 13.1 Å². The summed E-state index contributed by atoms with van der Waals surface area (Å²) >= 11 is 0. The Labute approximate surface area is 102 Å². The number of benzene rings is 1. The van der Waals surface area contributed by atoms with Crippen LogP contribution in [0.1, 0.15) is 24.2 Å². The third-order valence-corrected chi connectivity index (χ3v) is 3.64. The monoisotopic (exact) mass is 229 g/mol. The van der Waals surface area contributed by atoms with Crippen molar-refractivity contribution < 1.29 is 0 Å². The van der Waals surface area contributed by atoms with Gasteiger partial charge in [-0.05, 0) is 50.4 Å². The molecule has 3 nitrogen and oxygen atoms in total. The molecular weight excluding hydrogens is 210 g/mol. The number of aromatic nitrogens is 2. The van der Waals surface area contributed by atoms with Crippen LogP contribution >= 0.6 is 0 Å². The fraction of sp³-hybridized carbons (Fsp3) is 0.500. The molecule has 0 radical (unpaired) electrons. The lowest BCUT2D eigenvalue weighted by Gasteiger charge is -2.21. The number of rotatable bonds is 2. The van der Waals surface area contributed by atoms with Crippen LogP contribution in [0.3, 0.4) is 0 Å². The molecular formula is C14H19N3. The molecule has 0 spiro atoms. The molecule has 0 bridgehead atoms. The van der Waals surface area contributed by atoms with Crippen LogP contribution in [0.5, 0.6) is 0 Å². The SMILES string of the molecule is Cc1cccc2[nH]c(CC3CCCNC3)nc12. The molecule has 90 valence electrons. The smallest absolute Gasteiger partial charge is 0.107 e. The van der Waals surface area contributed by atoms with E-state index < -0.39 is 0 Å². The van der Waals surface area contributed by atoms with Gasteiger partial charge >= 0.3 is 0 Å². The van der Waals surface area contributed by atoms with Crippen LogP contribution in [0.15, 0.2) is 18.2 Å². The van der Waals surface area contributed by atoms with Crippen molar-refractivity contribution in [1.29, 1.82) is 0 Å². The highest BCUT2D eigenvalue weighted by Gasteiger charge is 2.15. The van der Waals surface area contributed by atoms with Crippen molar-refractivity contribution in [3.63, 3.8) is 0 Å². The average molecular weight is 229 g/mol. The molecule has 1 unspecified atom stereocenters. The summed E-state index contributed by atoms with van der Waals surface area (Å²) in [6, 6.07) is 6.31. The zero-order valence-electron chi connectivity index (χ0n) is 10.3. The number of H-pyrrole nitrogens is 1. The van der Waals surface area contributed by atoms with Gasteiger partial charge in [-0.1, -0.05) is 12.1 Å². The number of piperidine rings is 1. The highest BCUT2D eigenvalue weighted by atomic mass is 14.9. The van der Waals surface area contributed by atoms with Crippen LogP contribution in [0.25, 0.3) is 11.0 Å². The lowest BCUT2D eigenvalue weighted by Crippen LogP contribution is -2.31. The van der Waals surface area contributed by atoms with E-state index in [4.69, 9.17) is 4.98 Å². The molecule has 2 aromatic rings. The second-order valence-electron chi connectivity index (χ2n) is 5.07. The van der Waals surface area contributed by atoms with E-state index in [1.54, 1.807) is 0 Å².